The van der Waals surface area contributed by atoms with Gasteiger partial charge in [0.2, 0.25) is 6.54 Å². The molecule has 23 nitrogen and oxygen atoms in total. The third kappa shape index (κ3) is 31.3. The van der Waals surface area contributed by atoms with Crippen LogP contribution in [-0.4, -0.2) is 174 Å². The average molecular weight is 1140 g/mol. The number of aliphatic hydroxyl groups excluding tert-OH is 1. The van der Waals surface area contributed by atoms with Crippen LogP contribution in [0.4, 0.5) is 0 Å². The van der Waals surface area contributed by atoms with Crippen LogP contribution in [0.5, 0.6) is 0 Å². The monoisotopic (exact) mass is 1140 g/mol. The summed E-state index contributed by atoms with van der Waals surface area (Å²) in [6.07, 6.45) is 2.09. The summed E-state index contributed by atoms with van der Waals surface area (Å²) in [7, 11) is 0.878. The molecule has 2 heterocycles. The minimum Gasteiger partial charge on any atom is -0.394 e. The van der Waals surface area contributed by atoms with Crippen LogP contribution in [0.15, 0.2) is 43.7 Å². The van der Waals surface area contributed by atoms with Crippen LogP contribution in [-0.2, 0) is 42.0 Å². The second-order valence-electron chi connectivity index (χ2n) is 18.5. The van der Waals surface area contributed by atoms with Gasteiger partial charge in [-0.05, 0) is 95.9 Å². The molecule has 0 bridgehead atoms. The van der Waals surface area contributed by atoms with Crippen molar-refractivity contribution in [2.45, 2.75) is 192 Å². The van der Waals surface area contributed by atoms with Gasteiger partial charge in [-0.3, -0.25) is 28.7 Å². The highest BCUT2D eigenvalue weighted by Crippen LogP contribution is 2.51. The van der Waals surface area contributed by atoms with Crippen molar-refractivity contribution in [1.29, 1.82) is 5.26 Å². The molecule has 448 valence electrons. The van der Waals surface area contributed by atoms with E-state index in [1.54, 1.807) is 14.2 Å². The molecular weight excluding hydrogens is 1040 g/mol. The number of aliphatic hydroxyl groups is 1. The van der Waals surface area contributed by atoms with Crippen molar-refractivity contribution in [3.63, 3.8) is 0 Å². The van der Waals surface area contributed by atoms with Gasteiger partial charge in [-0.1, -0.05) is 28.7 Å². The molecule has 3 N–H and O–H groups in total. The van der Waals surface area contributed by atoms with Gasteiger partial charge in [-0.2, -0.15) is 5.26 Å². The standard InChI is InChI=1S/C22H39N4O7P.C15H32N3OP.C13H22N2O6.2CH4/c1-8-19(15-32-34(31-12-10-23-6)26(17(2)3)18(4)5)33-21(16-30-14-13-29-7)25-11-9-20(27)24-22(25)28;1-12(2)17(13(3)4)20(19-11-9-10-16)18(14(5)6)15(7)8;1-3-10(8-16)21-12(9-20-7-6-19-2)15-5-4-11(17)14-13(15)18;;/h9,11,17-19,21H,8,10,12-16H2,1-5,7H3,(H,24,27,28);12-15H,9,11H2,1-8H3;4-5,10,12,16H,3,6-9H2,1-2H3,(H,14,17,18);2*1H4/t19-,21-,34?;;10-,12-;;/m1.1../s1. The Morgan fingerprint density at radius 2 is 1.04 bits per heavy atom. The van der Waals surface area contributed by atoms with Crippen molar-refractivity contribution >= 4 is 17.0 Å². The number of aromatic nitrogens is 4. The zero-order chi connectivity index (χ0) is 57.0. The molecule has 0 aliphatic carbocycles. The third-order valence-corrected chi connectivity index (χ3v) is 15.6. The second kappa shape index (κ2) is 45.4. The third-order valence-electron chi connectivity index (χ3n) is 10.5. The topological polar surface area (TPSA) is 251 Å². The number of rotatable bonds is 37. The van der Waals surface area contributed by atoms with Crippen molar-refractivity contribution in [3.05, 3.63) is 77.6 Å². The second-order valence-corrected chi connectivity index (χ2v) is 21.7. The van der Waals surface area contributed by atoms with Gasteiger partial charge in [0.25, 0.3) is 19.6 Å². The first-order valence-corrected chi connectivity index (χ1v) is 28.1. The van der Waals surface area contributed by atoms with Gasteiger partial charge < -0.3 is 51.9 Å². The fraction of sp³-hybridized carbons (Fsp3) is 0.808. The molecule has 0 spiro atoms. The molecule has 0 saturated carbocycles. The number of nitriles is 1. The molecule has 2 aromatic rings. The number of H-pyrrole nitrogens is 2. The molecule has 1 unspecified atom stereocenters. The molecule has 2 rings (SSSR count). The van der Waals surface area contributed by atoms with Crippen LogP contribution in [0.25, 0.3) is 4.85 Å². The van der Waals surface area contributed by atoms with E-state index in [9.17, 15) is 24.3 Å². The van der Waals surface area contributed by atoms with Crippen LogP contribution in [0.1, 0.15) is 144 Å². The SMILES string of the molecule is C.C.CC(C)N(C(C)C)P(OCCC#N)N(C(C)C)C(C)C.CC[C@H](CO)O[C@H](COCCOC)n1ccc(=O)[nH]c1=O.[C-]#[N+]CCOP(OC[C@@H](CC)O[C@H](COCCOC)n1ccc(=O)[nH]c1=O)N(C(C)C)C(C)C. The van der Waals surface area contributed by atoms with Gasteiger partial charge in [0, 0.05) is 75.0 Å². The normalized spacial score (nSPS) is 13.5. The van der Waals surface area contributed by atoms with Gasteiger partial charge in [0.1, 0.15) is 6.61 Å². The lowest BCUT2D eigenvalue weighted by molar-refractivity contribution is -0.114. The Kier molecular flexibility index (Phi) is 45.9. The minimum atomic E-state index is -1.41. The van der Waals surface area contributed by atoms with Crippen LogP contribution >= 0.6 is 17.0 Å². The highest BCUT2D eigenvalue weighted by Gasteiger charge is 2.34. The zero-order valence-electron chi connectivity index (χ0n) is 47.8. The Morgan fingerprint density at radius 3 is 1.38 bits per heavy atom. The van der Waals surface area contributed by atoms with Crippen molar-refractivity contribution in [2.24, 2.45) is 0 Å². The maximum atomic E-state index is 12.4. The molecule has 25 heteroatoms. The summed E-state index contributed by atoms with van der Waals surface area (Å²) in [5, 5.41) is 18.0. The summed E-state index contributed by atoms with van der Waals surface area (Å²) < 4.78 is 60.5. The van der Waals surface area contributed by atoms with E-state index in [1.807, 2.05) is 13.8 Å². The quantitative estimate of drug-likeness (QED) is 0.0330. The fourth-order valence-corrected chi connectivity index (χ4v) is 11.1. The Labute approximate surface area is 463 Å². The first-order valence-electron chi connectivity index (χ1n) is 25.8. The van der Waals surface area contributed by atoms with Gasteiger partial charge in [-0.25, -0.2) is 30.2 Å². The van der Waals surface area contributed by atoms with E-state index in [0.717, 1.165) is 0 Å². The predicted octanol–water partition coefficient (Wildman–Crippen LogP) is 7.93. The van der Waals surface area contributed by atoms with E-state index in [0.29, 0.717) is 76.5 Å². The van der Waals surface area contributed by atoms with E-state index in [4.69, 9.17) is 53.8 Å². The molecule has 0 aromatic carbocycles. The summed E-state index contributed by atoms with van der Waals surface area (Å²) in [6, 6.07) is 6.70. The predicted molar refractivity (Wildman–Crippen MR) is 307 cm³/mol. The van der Waals surface area contributed by atoms with Crippen molar-refractivity contribution < 1.29 is 47.1 Å². The average Bonchev–Trinajstić information content (AvgIpc) is 3.33. The molecule has 0 aliphatic rings. The highest BCUT2D eigenvalue weighted by atomic mass is 31.2. The van der Waals surface area contributed by atoms with Gasteiger partial charge in [-0.15, -0.1) is 0 Å². The maximum absolute atomic E-state index is 12.4. The summed E-state index contributed by atoms with van der Waals surface area (Å²) >= 11 is 0. The molecule has 5 atom stereocenters. The van der Waals surface area contributed by atoms with Gasteiger partial charge >= 0.3 is 11.4 Å². The smallest absolute Gasteiger partial charge is 0.330 e. The zero-order valence-corrected chi connectivity index (χ0v) is 49.6. The Morgan fingerprint density at radius 1 is 0.623 bits per heavy atom. The Balaban J connectivity index is -0.00000111. The number of hydrogen-bond acceptors (Lipinski definition) is 18. The Bertz CT molecular complexity index is 2050. The van der Waals surface area contributed by atoms with Crippen molar-refractivity contribution in [3.8, 4) is 6.07 Å². The molecule has 0 fully saturated rings. The fourth-order valence-electron chi connectivity index (χ4n) is 7.16. The first kappa shape index (κ1) is 77.9. The van der Waals surface area contributed by atoms with Crippen molar-refractivity contribution in [1.82, 2.24) is 33.1 Å². The summed E-state index contributed by atoms with van der Waals surface area (Å²) in [5.74, 6) is 0. The summed E-state index contributed by atoms with van der Waals surface area (Å²) in [4.78, 5) is 54.5. The van der Waals surface area contributed by atoms with E-state index < -0.39 is 58.0 Å². The number of methoxy groups -OCH3 is 2. The number of nitrogens with one attached hydrogen (secondary N) is 2. The van der Waals surface area contributed by atoms with E-state index in [-0.39, 0.29) is 72.6 Å². The largest absolute Gasteiger partial charge is 0.394 e. The molecule has 0 aliphatic heterocycles. The molecule has 0 radical (unpaired) electrons. The van der Waals surface area contributed by atoms with Crippen molar-refractivity contribution in [2.75, 3.05) is 86.8 Å². The van der Waals surface area contributed by atoms with Crippen LogP contribution in [0.3, 0.4) is 0 Å². The van der Waals surface area contributed by atoms with Crippen LogP contribution in [0, 0.1) is 17.9 Å². The molecule has 77 heavy (non-hydrogen) atoms. The Hall–Kier alpha value is -3.32. The molecular formula is C52H101N9O14P2. The number of aromatic amines is 2. The van der Waals surface area contributed by atoms with E-state index in [1.165, 1.54) is 33.7 Å². The summed E-state index contributed by atoms with van der Waals surface area (Å²) in [6.45, 7) is 39.6. The van der Waals surface area contributed by atoms with E-state index >= 15 is 0 Å². The van der Waals surface area contributed by atoms with Gasteiger partial charge in [0.15, 0.2) is 20.9 Å². The number of hydrogen-bond donors (Lipinski definition) is 3. The first-order chi connectivity index (χ1) is 35.6. The molecule has 0 amide bonds. The lowest BCUT2D eigenvalue weighted by atomic mass is 10.3. The van der Waals surface area contributed by atoms with Crippen LogP contribution in [0.2, 0.25) is 0 Å². The highest BCUT2D eigenvalue weighted by molar-refractivity contribution is 7.47. The maximum Gasteiger partial charge on any atom is 0.330 e. The summed E-state index contributed by atoms with van der Waals surface area (Å²) in [5.41, 5.74) is -2.14. The lowest BCUT2D eigenvalue weighted by Gasteiger charge is -2.45. The van der Waals surface area contributed by atoms with Crippen LogP contribution < -0.4 is 22.5 Å². The minimum absolute atomic E-state index is 0. The van der Waals surface area contributed by atoms with E-state index in [2.05, 4.69) is 118 Å². The lowest BCUT2D eigenvalue weighted by Crippen LogP contribution is -2.43. The number of ether oxygens (including phenoxy) is 6. The molecule has 0 saturated heterocycles. The van der Waals surface area contributed by atoms with Gasteiger partial charge in [0.05, 0.1) is 84.2 Å². The molecule has 2 aromatic heterocycles. The number of nitrogens with zero attached hydrogens (tertiary/aromatic N) is 7.